The Labute approximate surface area is 248 Å². The predicted molar refractivity (Wildman–Crippen MR) is 178 cm³/mol. The number of nitrogens with one attached hydrogen (secondary N) is 1. The summed E-state index contributed by atoms with van der Waals surface area (Å²) in [5.41, 5.74) is 10.3. The molecule has 0 fully saturated rings. The minimum Gasteiger partial charge on any atom is -0.355 e. The third-order valence-corrected chi connectivity index (χ3v) is 8.05. The molecule has 0 aliphatic heterocycles. The molecule has 204 valence electrons. The molecular formula is C38H28N5+. The highest BCUT2D eigenvalue weighted by molar-refractivity contribution is 6.16. The van der Waals surface area contributed by atoms with Crippen molar-refractivity contribution < 1.29 is 5.41 Å². The molecule has 0 unspecified atom stereocenters. The Balaban J connectivity index is 1.31. The molecule has 0 radical (unpaired) electrons. The van der Waals surface area contributed by atoms with Gasteiger partial charge in [-0.25, -0.2) is 4.98 Å². The SMILES string of the molecule is [NH2+]=Cc1c(Nc2ccccc2)ccc2c3ccccc3n(-c3ccc(-c4nc5ccccc5n4-c4ccccc4)cc3)c12. The van der Waals surface area contributed by atoms with Gasteiger partial charge in [0.2, 0.25) is 0 Å². The van der Waals surface area contributed by atoms with Gasteiger partial charge < -0.3 is 9.88 Å². The minimum atomic E-state index is 0.909. The van der Waals surface area contributed by atoms with Gasteiger partial charge in [-0.3, -0.25) is 9.98 Å². The molecule has 0 spiro atoms. The molecule has 2 heterocycles. The number of aromatic nitrogens is 3. The fourth-order valence-electron chi connectivity index (χ4n) is 6.12. The molecule has 0 aliphatic carbocycles. The van der Waals surface area contributed by atoms with Crippen LogP contribution in [-0.4, -0.2) is 20.3 Å². The van der Waals surface area contributed by atoms with Crippen LogP contribution in [0.25, 0.3) is 55.6 Å². The number of imidazole rings is 1. The average molecular weight is 555 g/mol. The number of nitrogens with two attached hydrogens (primary N) is 1. The van der Waals surface area contributed by atoms with E-state index in [1.807, 2.05) is 30.3 Å². The van der Waals surface area contributed by atoms with Crippen molar-refractivity contribution in [1.29, 1.82) is 0 Å². The van der Waals surface area contributed by atoms with Gasteiger partial charge in [0.25, 0.3) is 0 Å². The van der Waals surface area contributed by atoms with Gasteiger partial charge in [0.05, 0.1) is 33.3 Å². The third kappa shape index (κ3) is 4.10. The van der Waals surface area contributed by atoms with E-state index in [0.717, 1.165) is 67.2 Å². The van der Waals surface area contributed by atoms with Crippen molar-refractivity contribution >= 4 is 50.4 Å². The van der Waals surface area contributed by atoms with Gasteiger partial charge in [-0.1, -0.05) is 72.8 Å². The maximum absolute atomic E-state index is 6.36. The number of hydrogen-bond acceptors (Lipinski definition) is 2. The first-order chi connectivity index (χ1) is 21.3. The number of fused-ring (bicyclic) bond motifs is 4. The second kappa shape index (κ2) is 10.2. The van der Waals surface area contributed by atoms with E-state index in [-0.39, 0.29) is 0 Å². The highest BCUT2D eigenvalue weighted by Crippen LogP contribution is 2.37. The van der Waals surface area contributed by atoms with Crippen molar-refractivity contribution in [3.63, 3.8) is 0 Å². The van der Waals surface area contributed by atoms with E-state index in [9.17, 15) is 0 Å². The fourth-order valence-corrected chi connectivity index (χ4v) is 6.12. The Morgan fingerprint density at radius 3 is 1.98 bits per heavy atom. The number of rotatable bonds is 6. The molecule has 43 heavy (non-hydrogen) atoms. The molecular weight excluding hydrogens is 526 g/mol. The molecule has 5 heteroatoms. The lowest BCUT2D eigenvalue weighted by atomic mass is 10.1. The normalized spacial score (nSPS) is 11.3. The maximum Gasteiger partial charge on any atom is 0.171 e. The van der Waals surface area contributed by atoms with Gasteiger partial charge in [0.1, 0.15) is 5.82 Å². The lowest BCUT2D eigenvalue weighted by Crippen LogP contribution is -2.30. The largest absolute Gasteiger partial charge is 0.355 e. The van der Waals surface area contributed by atoms with Crippen molar-refractivity contribution in [2.45, 2.75) is 0 Å². The van der Waals surface area contributed by atoms with Crippen molar-refractivity contribution in [2.75, 3.05) is 5.32 Å². The Kier molecular flexibility index (Phi) is 5.86. The molecule has 0 saturated carbocycles. The van der Waals surface area contributed by atoms with Gasteiger partial charge in [-0.15, -0.1) is 0 Å². The van der Waals surface area contributed by atoms with Crippen molar-refractivity contribution in [1.82, 2.24) is 14.1 Å². The summed E-state index contributed by atoms with van der Waals surface area (Å²) in [5, 5.41) is 12.3. The van der Waals surface area contributed by atoms with Crippen molar-refractivity contribution in [3.05, 3.63) is 151 Å². The summed E-state index contributed by atoms with van der Waals surface area (Å²) in [6.45, 7) is 0. The van der Waals surface area contributed by atoms with Gasteiger partial charge in [-0.2, -0.15) is 0 Å². The first-order valence-corrected chi connectivity index (χ1v) is 14.4. The molecule has 0 amide bonds. The molecule has 8 aromatic rings. The molecule has 0 aliphatic rings. The molecule has 2 aromatic heterocycles. The van der Waals surface area contributed by atoms with E-state index in [4.69, 9.17) is 10.4 Å². The van der Waals surface area contributed by atoms with Crippen LogP contribution in [-0.2, 0) is 0 Å². The Morgan fingerprint density at radius 1 is 0.558 bits per heavy atom. The van der Waals surface area contributed by atoms with E-state index >= 15 is 0 Å². The quantitative estimate of drug-likeness (QED) is 0.207. The molecule has 0 atom stereocenters. The zero-order valence-electron chi connectivity index (χ0n) is 23.4. The van der Waals surface area contributed by atoms with Crippen molar-refractivity contribution in [3.8, 4) is 22.8 Å². The first-order valence-electron chi connectivity index (χ1n) is 14.4. The molecule has 6 aromatic carbocycles. The second-order valence-corrected chi connectivity index (χ2v) is 10.6. The Morgan fingerprint density at radius 2 is 1.21 bits per heavy atom. The van der Waals surface area contributed by atoms with Crippen LogP contribution < -0.4 is 10.7 Å². The Bertz CT molecular complexity index is 2260. The molecule has 8 rings (SSSR count). The summed E-state index contributed by atoms with van der Waals surface area (Å²) in [4.78, 5) is 5.06. The maximum atomic E-state index is 6.36. The van der Waals surface area contributed by atoms with Crippen LogP contribution >= 0.6 is 0 Å². The number of benzene rings is 6. The van der Waals surface area contributed by atoms with Crippen molar-refractivity contribution in [2.24, 2.45) is 0 Å². The second-order valence-electron chi connectivity index (χ2n) is 10.6. The van der Waals surface area contributed by atoms with Crippen LogP contribution in [0.1, 0.15) is 5.56 Å². The molecule has 0 saturated heterocycles. The molecule has 0 bridgehead atoms. The van der Waals surface area contributed by atoms with Crippen LogP contribution in [0.15, 0.2) is 146 Å². The smallest absolute Gasteiger partial charge is 0.171 e. The van der Waals surface area contributed by atoms with E-state index < -0.39 is 0 Å². The molecule has 5 nitrogen and oxygen atoms in total. The lowest BCUT2D eigenvalue weighted by molar-refractivity contribution is -0.104. The summed E-state index contributed by atoms with van der Waals surface area (Å²) in [5.74, 6) is 0.909. The monoisotopic (exact) mass is 554 g/mol. The van der Waals surface area contributed by atoms with E-state index in [1.165, 1.54) is 5.39 Å². The highest BCUT2D eigenvalue weighted by atomic mass is 15.1. The predicted octanol–water partition coefficient (Wildman–Crippen LogP) is 7.71. The van der Waals surface area contributed by atoms with Crippen LogP contribution in [0.5, 0.6) is 0 Å². The zero-order valence-corrected chi connectivity index (χ0v) is 23.4. The van der Waals surface area contributed by atoms with E-state index in [1.54, 1.807) is 6.21 Å². The topological polar surface area (TPSA) is 60.4 Å². The van der Waals surface area contributed by atoms with Gasteiger partial charge in [-0.05, 0) is 72.8 Å². The van der Waals surface area contributed by atoms with Crippen LogP contribution in [0.3, 0.4) is 0 Å². The Hall–Kier alpha value is -5.94. The third-order valence-electron chi connectivity index (χ3n) is 8.05. The number of hydrogen-bond donors (Lipinski definition) is 2. The fraction of sp³-hybridized carbons (Fsp3) is 0. The van der Waals surface area contributed by atoms with Crippen LogP contribution in [0.4, 0.5) is 11.4 Å². The van der Waals surface area contributed by atoms with Crippen LogP contribution in [0.2, 0.25) is 0 Å². The minimum absolute atomic E-state index is 0.909. The first kappa shape index (κ1) is 24.8. The standard InChI is InChI=1S/C38H27N5/c39-25-32-33(40-27-11-3-1-4-12-27)24-23-31-30-15-7-9-17-35(30)42(37(31)32)29-21-19-26(20-22-29)38-41-34-16-8-10-18-36(34)43(38)28-13-5-2-6-14-28/h1-25,39-40H/p+1. The van der Waals surface area contributed by atoms with Crippen LogP contribution in [0, 0.1) is 0 Å². The zero-order chi connectivity index (χ0) is 28.8. The summed E-state index contributed by atoms with van der Waals surface area (Å²) in [6.07, 6.45) is 1.71. The summed E-state index contributed by atoms with van der Waals surface area (Å²) < 4.78 is 4.54. The van der Waals surface area contributed by atoms with E-state index in [2.05, 4.69) is 130 Å². The van der Waals surface area contributed by atoms with Gasteiger partial charge in [0.15, 0.2) is 6.21 Å². The molecule has 3 N–H and O–H groups in total. The number of nitrogens with zero attached hydrogens (tertiary/aromatic N) is 3. The highest BCUT2D eigenvalue weighted by Gasteiger charge is 2.19. The van der Waals surface area contributed by atoms with Gasteiger partial charge in [0, 0.05) is 33.4 Å². The summed E-state index contributed by atoms with van der Waals surface area (Å²) >= 11 is 0. The summed E-state index contributed by atoms with van der Waals surface area (Å²) in [7, 11) is 0. The number of anilines is 2. The van der Waals surface area contributed by atoms with E-state index in [0.29, 0.717) is 0 Å². The summed E-state index contributed by atoms with van der Waals surface area (Å²) in [6, 6.07) is 50.4. The lowest BCUT2D eigenvalue weighted by Gasteiger charge is -2.14. The average Bonchev–Trinajstić information content (AvgIpc) is 3.62. The number of para-hydroxylation sites is 5. The van der Waals surface area contributed by atoms with Gasteiger partial charge >= 0.3 is 0 Å².